The molecule has 0 aliphatic rings. The Bertz CT molecular complexity index is 646. The van der Waals surface area contributed by atoms with Gasteiger partial charge in [-0.1, -0.05) is 0 Å². The summed E-state index contributed by atoms with van der Waals surface area (Å²) in [5.41, 5.74) is 7.84. The van der Waals surface area contributed by atoms with E-state index >= 15 is 0 Å². The van der Waals surface area contributed by atoms with Gasteiger partial charge in [-0.05, 0) is 19.1 Å². The summed E-state index contributed by atoms with van der Waals surface area (Å²) in [6.07, 6.45) is 0. The molecule has 0 spiro atoms. The fourth-order valence-electron chi connectivity index (χ4n) is 2.20. The van der Waals surface area contributed by atoms with Crippen molar-refractivity contribution in [1.29, 1.82) is 0 Å². The number of aryl methyl sites for hydroxylation is 1. The third-order valence-electron chi connectivity index (χ3n) is 3.22. The van der Waals surface area contributed by atoms with Gasteiger partial charge in [0.05, 0.1) is 23.4 Å². The summed E-state index contributed by atoms with van der Waals surface area (Å²) in [5.74, 6) is -0.635. The lowest BCUT2D eigenvalue weighted by Gasteiger charge is -2.09. The maximum atomic E-state index is 11.4. The van der Waals surface area contributed by atoms with E-state index in [0.717, 1.165) is 5.52 Å². The zero-order valence-corrected chi connectivity index (χ0v) is 10.8. The molecule has 102 valence electrons. The van der Waals surface area contributed by atoms with Gasteiger partial charge >= 0.3 is 5.97 Å². The van der Waals surface area contributed by atoms with E-state index in [1.807, 2.05) is 0 Å². The summed E-state index contributed by atoms with van der Waals surface area (Å²) in [6, 6.07) is 3.44. The maximum Gasteiger partial charge on any atom is 0.338 e. The lowest BCUT2D eigenvalue weighted by Crippen LogP contribution is -2.05. The highest BCUT2D eigenvalue weighted by Gasteiger charge is 2.21. The summed E-state index contributed by atoms with van der Waals surface area (Å²) >= 11 is 0. The van der Waals surface area contributed by atoms with Crippen LogP contribution in [0.3, 0.4) is 0 Å². The summed E-state index contributed by atoms with van der Waals surface area (Å²) in [7, 11) is 1.79. The van der Waals surface area contributed by atoms with Crippen molar-refractivity contribution in [2.75, 3.05) is 18.9 Å². The number of nitrogen functional groups attached to an aromatic ring is 1. The smallest absolute Gasteiger partial charge is 0.338 e. The average Bonchev–Trinajstić information content (AvgIpc) is 2.63. The maximum absolute atomic E-state index is 11.4. The highest BCUT2D eigenvalue weighted by atomic mass is 16.5. The zero-order chi connectivity index (χ0) is 14.2. The van der Waals surface area contributed by atoms with Crippen molar-refractivity contribution in [3.05, 3.63) is 23.4 Å². The van der Waals surface area contributed by atoms with E-state index in [1.54, 1.807) is 30.7 Å². The highest BCUT2D eigenvalue weighted by Crippen LogP contribution is 2.35. The SMILES string of the molecule is Cc1c(C(=O)O)c2c(N)c(OCCO)ccc2n1C. The third-order valence-corrected chi connectivity index (χ3v) is 3.22. The second kappa shape index (κ2) is 4.81. The number of aliphatic hydroxyl groups excluding tert-OH is 1. The van der Waals surface area contributed by atoms with Crippen molar-refractivity contribution in [3.63, 3.8) is 0 Å². The Hall–Kier alpha value is -2.21. The Balaban J connectivity index is 2.73. The van der Waals surface area contributed by atoms with Crippen LogP contribution in [-0.2, 0) is 7.05 Å². The molecule has 19 heavy (non-hydrogen) atoms. The Morgan fingerprint density at radius 3 is 2.74 bits per heavy atom. The quantitative estimate of drug-likeness (QED) is 0.719. The molecule has 6 heteroatoms. The van der Waals surface area contributed by atoms with E-state index in [1.165, 1.54) is 0 Å². The molecule has 0 unspecified atom stereocenters. The van der Waals surface area contributed by atoms with E-state index in [2.05, 4.69) is 0 Å². The van der Waals surface area contributed by atoms with Gasteiger partial charge in [-0.2, -0.15) is 0 Å². The fourth-order valence-corrected chi connectivity index (χ4v) is 2.20. The van der Waals surface area contributed by atoms with E-state index in [9.17, 15) is 9.90 Å². The Morgan fingerprint density at radius 2 is 2.16 bits per heavy atom. The minimum absolute atomic E-state index is 0.115. The first kappa shape index (κ1) is 13.2. The normalized spacial score (nSPS) is 10.9. The number of carbonyl (C=O) groups is 1. The van der Waals surface area contributed by atoms with Crippen molar-refractivity contribution in [3.8, 4) is 5.75 Å². The van der Waals surface area contributed by atoms with Crippen molar-refractivity contribution < 1.29 is 19.7 Å². The number of aromatic nitrogens is 1. The predicted octanol–water partition coefficient (Wildman–Crippen LogP) is 1.14. The molecule has 4 N–H and O–H groups in total. The van der Waals surface area contributed by atoms with E-state index in [-0.39, 0.29) is 24.5 Å². The van der Waals surface area contributed by atoms with Gasteiger partial charge in [0.15, 0.2) is 0 Å². The van der Waals surface area contributed by atoms with Crippen molar-refractivity contribution in [2.45, 2.75) is 6.92 Å². The van der Waals surface area contributed by atoms with Gasteiger partial charge < -0.3 is 25.3 Å². The molecular formula is C13H16N2O4. The summed E-state index contributed by atoms with van der Waals surface area (Å²) in [4.78, 5) is 11.4. The summed E-state index contributed by atoms with van der Waals surface area (Å²) in [6.45, 7) is 1.72. The largest absolute Gasteiger partial charge is 0.489 e. The van der Waals surface area contributed by atoms with Gasteiger partial charge in [0, 0.05) is 18.1 Å². The molecule has 6 nitrogen and oxygen atoms in total. The first-order valence-electron chi connectivity index (χ1n) is 5.83. The lowest BCUT2D eigenvalue weighted by molar-refractivity contribution is 0.0698. The molecule has 1 aromatic carbocycles. The number of ether oxygens (including phenoxy) is 1. The molecule has 0 bridgehead atoms. The van der Waals surface area contributed by atoms with Crippen LogP contribution >= 0.6 is 0 Å². The number of hydrogen-bond donors (Lipinski definition) is 3. The summed E-state index contributed by atoms with van der Waals surface area (Å²) in [5, 5.41) is 18.6. The van der Waals surface area contributed by atoms with Crippen LogP contribution in [-0.4, -0.2) is 34.0 Å². The molecule has 0 saturated heterocycles. The van der Waals surface area contributed by atoms with Gasteiger partial charge in [0.1, 0.15) is 12.4 Å². The van der Waals surface area contributed by atoms with Crippen LogP contribution in [0.15, 0.2) is 12.1 Å². The number of carboxylic acids is 1. The molecule has 2 aromatic rings. The topological polar surface area (TPSA) is 97.7 Å². The third kappa shape index (κ3) is 2.00. The molecule has 1 heterocycles. The zero-order valence-electron chi connectivity index (χ0n) is 10.8. The van der Waals surface area contributed by atoms with Gasteiger partial charge in [-0.3, -0.25) is 0 Å². The molecule has 1 aromatic heterocycles. The van der Waals surface area contributed by atoms with E-state index in [0.29, 0.717) is 16.8 Å². The van der Waals surface area contributed by atoms with Gasteiger partial charge in [0.2, 0.25) is 0 Å². The van der Waals surface area contributed by atoms with Crippen LogP contribution < -0.4 is 10.5 Å². The number of carboxylic acid groups (broad SMARTS) is 1. The fraction of sp³-hybridized carbons (Fsp3) is 0.308. The van der Waals surface area contributed by atoms with Crippen LogP contribution in [0.25, 0.3) is 10.9 Å². The number of aliphatic hydroxyl groups is 1. The Kier molecular flexibility index (Phi) is 3.35. The second-order valence-electron chi connectivity index (χ2n) is 4.27. The predicted molar refractivity (Wildman–Crippen MR) is 71.6 cm³/mol. The molecule has 0 radical (unpaired) electrons. The standard InChI is InChI=1S/C13H16N2O4/c1-7-10(13(17)18)11-8(15(7)2)3-4-9(12(11)14)19-6-5-16/h3-4,16H,5-6,14H2,1-2H3,(H,17,18). The number of rotatable bonds is 4. The number of nitrogens with two attached hydrogens (primary N) is 1. The van der Waals surface area contributed by atoms with Crippen LogP contribution in [0, 0.1) is 6.92 Å². The molecule has 0 aliphatic carbocycles. The van der Waals surface area contributed by atoms with Gasteiger partial charge in [0.25, 0.3) is 0 Å². The average molecular weight is 264 g/mol. The lowest BCUT2D eigenvalue weighted by atomic mass is 10.1. The molecule has 0 aliphatic heterocycles. The van der Waals surface area contributed by atoms with Crippen molar-refractivity contribution >= 4 is 22.6 Å². The second-order valence-corrected chi connectivity index (χ2v) is 4.27. The summed E-state index contributed by atoms with van der Waals surface area (Å²) < 4.78 is 7.08. The number of hydrogen-bond acceptors (Lipinski definition) is 4. The van der Waals surface area contributed by atoms with Crippen molar-refractivity contribution in [1.82, 2.24) is 4.57 Å². The molecular weight excluding hydrogens is 248 g/mol. The van der Waals surface area contributed by atoms with E-state index < -0.39 is 5.97 Å². The minimum atomic E-state index is -1.02. The molecule has 0 saturated carbocycles. The highest BCUT2D eigenvalue weighted by molar-refractivity contribution is 6.11. The van der Waals surface area contributed by atoms with Crippen LogP contribution in [0.4, 0.5) is 5.69 Å². The molecule has 0 amide bonds. The molecule has 0 fully saturated rings. The first-order chi connectivity index (χ1) is 8.99. The number of aromatic carboxylic acids is 1. The molecule has 2 rings (SSSR count). The minimum Gasteiger partial charge on any atom is -0.489 e. The Labute approximate surface area is 110 Å². The molecule has 0 atom stereocenters. The van der Waals surface area contributed by atoms with Gasteiger partial charge in [-0.15, -0.1) is 0 Å². The number of benzene rings is 1. The first-order valence-corrected chi connectivity index (χ1v) is 5.83. The van der Waals surface area contributed by atoms with Crippen molar-refractivity contribution in [2.24, 2.45) is 7.05 Å². The number of fused-ring (bicyclic) bond motifs is 1. The number of nitrogens with zero attached hydrogens (tertiary/aromatic N) is 1. The van der Waals surface area contributed by atoms with E-state index in [4.69, 9.17) is 15.6 Å². The van der Waals surface area contributed by atoms with Crippen LogP contribution in [0.1, 0.15) is 16.1 Å². The number of anilines is 1. The van der Waals surface area contributed by atoms with Crippen LogP contribution in [0.2, 0.25) is 0 Å². The monoisotopic (exact) mass is 264 g/mol. The Morgan fingerprint density at radius 1 is 1.47 bits per heavy atom. The van der Waals surface area contributed by atoms with Gasteiger partial charge in [-0.25, -0.2) is 4.79 Å². The van der Waals surface area contributed by atoms with Crippen LogP contribution in [0.5, 0.6) is 5.75 Å².